The number of hydrogen-bond donors (Lipinski definition) is 1. The highest BCUT2D eigenvalue weighted by Crippen LogP contribution is 2.68. The summed E-state index contributed by atoms with van der Waals surface area (Å²) in [4.78, 5) is 12.3. The first kappa shape index (κ1) is 25.5. The van der Waals surface area contributed by atoms with Crippen molar-refractivity contribution in [2.45, 2.75) is 131 Å². The van der Waals surface area contributed by atoms with Gasteiger partial charge in [0, 0.05) is 18.3 Å². The summed E-state index contributed by atoms with van der Waals surface area (Å²) in [6, 6.07) is 0. The standard InChI is InChI=1S/C30H52O3/c1-7-28(32)33-27-18-22(31)17-21-11-12-23-25-14-13-24(20(4)10-8-9-19(2)3)29(25,5)16-15-26(23)30(21,27)6/h19-27,31H,7-18H2,1-6H3/t20-,21-,22+,23-,24-,25+,26+,27?,29-,30+/m1/s1. The summed E-state index contributed by atoms with van der Waals surface area (Å²) in [5.41, 5.74) is 0.528. The van der Waals surface area contributed by atoms with Crippen LogP contribution in [0.2, 0.25) is 0 Å². The molecule has 0 aromatic rings. The lowest BCUT2D eigenvalue weighted by molar-refractivity contribution is -0.203. The van der Waals surface area contributed by atoms with Crippen LogP contribution in [-0.2, 0) is 9.53 Å². The molecule has 4 saturated carbocycles. The van der Waals surface area contributed by atoms with E-state index < -0.39 is 0 Å². The van der Waals surface area contributed by atoms with Crippen molar-refractivity contribution in [1.29, 1.82) is 0 Å². The first-order valence-electron chi connectivity index (χ1n) is 14.5. The molecular formula is C30H52O3. The van der Waals surface area contributed by atoms with Crippen molar-refractivity contribution in [3.63, 3.8) is 0 Å². The van der Waals surface area contributed by atoms with Gasteiger partial charge in [-0.3, -0.25) is 4.79 Å². The molecule has 0 aromatic carbocycles. The lowest BCUT2D eigenvalue weighted by atomic mass is 9.43. The molecule has 0 amide bonds. The molecule has 0 radical (unpaired) electrons. The monoisotopic (exact) mass is 460 g/mol. The van der Waals surface area contributed by atoms with Crippen molar-refractivity contribution in [2.75, 3.05) is 0 Å². The van der Waals surface area contributed by atoms with Gasteiger partial charge in [-0.15, -0.1) is 0 Å². The van der Waals surface area contributed by atoms with Gasteiger partial charge in [0.1, 0.15) is 6.10 Å². The SMILES string of the molecule is CCC(=O)OC1C[C@@H](O)C[C@H]2CC[C@@H]3[C@@H]4CC[C@H]([C@H](C)CCCC(C)C)[C@@]4(C)CC[C@@H]3[C@@]12C. The Labute approximate surface area is 203 Å². The van der Waals surface area contributed by atoms with Crippen LogP contribution < -0.4 is 0 Å². The third-order valence-corrected chi connectivity index (χ3v) is 11.5. The van der Waals surface area contributed by atoms with E-state index in [0.717, 1.165) is 36.0 Å². The second-order valence-electron chi connectivity index (χ2n) is 13.5. The molecule has 1 N–H and O–H groups in total. The van der Waals surface area contributed by atoms with Crippen LogP contribution in [0, 0.1) is 52.3 Å². The second-order valence-corrected chi connectivity index (χ2v) is 13.5. The van der Waals surface area contributed by atoms with E-state index in [4.69, 9.17) is 4.74 Å². The summed E-state index contributed by atoms with van der Waals surface area (Å²) < 4.78 is 6.09. The van der Waals surface area contributed by atoms with Crippen LogP contribution in [0.1, 0.15) is 119 Å². The van der Waals surface area contributed by atoms with Crippen LogP contribution in [0.15, 0.2) is 0 Å². The molecule has 0 saturated heterocycles. The number of esters is 1. The number of ether oxygens (including phenoxy) is 1. The predicted octanol–water partition coefficient (Wildman–Crippen LogP) is 7.40. The van der Waals surface area contributed by atoms with E-state index in [-0.39, 0.29) is 23.6 Å². The Bertz CT molecular complexity index is 688. The Morgan fingerprint density at radius 2 is 1.76 bits per heavy atom. The van der Waals surface area contributed by atoms with Gasteiger partial charge < -0.3 is 9.84 Å². The largest absolute Gasteiger partial charge is 0.462 e. The molecule has 4 fully saturated rings. The van der Waals surface area contributed by atoms with E-state index in [2.05, 4.69) is 34.6 Å². The van der Waals surface area contributed by atoms with Crippen molar-refractivity contribution in [1.82, 2.24) is 0 Å². The third kappa shape index (κ3) is 4.54. The molecule has 4 aliphatic carbocycles. The van der Waals surface area contributed by atoms with Gasteiger partial charge in [-0.25, -0.2) is 0 Å². The fourth-order valence-corrected chi connectivity index (χ4v) is 9.71. The lowest BCUT2D eigenvalue weighted by Crippen LogP contribution is -2.60. The molecule has 0 aliphatic heterocycles. The normalized spacial score (nSPS) is 45.8. The molecule has 1 unspecified atom stereocenters. The fourth-order valence-electron chi connectivity index (χ4n) is 9.71. The highest BCUT2D eigenvalue weighted by molar-refractivity contribution is 5.69. The maximum Gasteiger partial charge on any atom is 0.305 e. The highest BCUT2D eigenvalue weighted by atomic mass is 16.5. The summed E-state index contributed by atoms with van der Waals surface area (Å²) in [7, 11) is 0. The van der Waals surface area contributed by atoms with Gasteiger partial charge in [0.2, 0.25) is 0 Å². The maximum absolute atomic E-state index is 12.3. The van der Waals surface area contributed by atoms with Gasteiger partial charge in [0.25, 0.3) is 0 Å². The average molecular weight is 461 g/mol. The topological polar surface area (TPSA) is 46.5 Å². The van der Waals surface area contributed by atoms with Crippen molar-refractivity contribution < 1.29 is 14.6 Å². The van der Waals surface area contributed by atoms with Crippen LogP contribution >= 0.6 is 0 Å². The Morgan fingerprint density at radius 3 is 2.45 bits per heavy atom. The zero-order chi connectivity index (χ0) is 24.0. The molecule has 10 atom stereocenters. The number of hydrogen-bond acceptors (Lipinski definition) is 3. The van der Waals surface area contributed by atoms with E-state index in [9.17, 15) is 9.90 Å². The van der Waals surface area contributed by atoms with E-state index in [1.807, 2.05) is 6.92 Å². The molecule has 3 heteroatoms. The van der Waals surface area contributed by atoms with Gasteiger partial charge in [-0.2, -0.15) is 0 Å². The van der Waals surface area contributed by atoms with E-state index in [1.54, 1.807) is 0 Å². The molecule has 33 heavy (non-hydrogen) atoms. The summed E-state index contributed by atoms with van der Waals surface area (Å²) in [5, 5.41) is 10.6. The summed E-state index contributed by atoms with van der Waals surface area (Å²) in [6.07, 6.45) is 13.7. The number of rotatable bonds is 7. The number of carbonyl (C=O) groups excluding carboxylic acids is 1. The van der Waals surface area contributed by atoms with E-state index in [1.165, 1.54) is 57.8 Å². The van der Waals surface area contributed by atoms with Crippen LogP contribution in [0.3, 0.4) is 0 Å². The number of carbonyl (C=O) groups is 1. The maximum atomic E-state index is 12.3. The molecule has 3 nitrogen and oxygen atoms in total. The fraction of sp³-hybridized carbons (Fsp3) is 0.967. The average Bonchev–Trinajstić information content (AvgIpc) is 3.11. The van der Waals surface area contributed by atoms with Crippen LogP contribution in [0.25, 0.3) is 0 Å². The minimum atomic E-state index is -0.314. The summed E-state index contributed by atoms with van der Waals surface area (Å²) in [5.74, 6) is 5.19. The Kier molecular flexibility index (Phi) is 7.60. The van der Waals surface area contributed by atoms with Crippen molar-refractivity contribution in [3.05, 3.63) is 0 Å². The quantitative estimate of drug-likeness (QED) is 0.403. The highest BCUT2D eigenvalue weighted by Gasteiger charge is 2.63. The molecule has 190 valence electrons. The van der Waals surface area contributed by atoms with Gasteiger partial charge in [0.05, 0.1) is 6.10 Å². The Hall–Kier alpha value is -0.570. The number of aliphatic hydroxyl groups is 1. The second kappa shape index (κ2) is 9.82. The number of fused-ring (bicyclic) bond motifs is 5. The van der Waals surface area contributed by atoms with Crippen LogP contribution in [0.4, 0.5) is 0 Å². The van der Waals surface area contributed by atoms with Crippen LogP contribution in [0.5, 0.6) is 0 Å². The van der Waals surface area contributed by atoms with E-state index >= 15 is 0 Å². The minimum absolute atomic E-state index is 0.0370. The van der Waals surface area contributed by atoms with Crippen molar-refractivity contribution >= 4 is 5.97 Å². The van der Waals surface area contributed by atoms with E-state index in [0.29, 0.717) is 30.1 Å². The Morgan fingerprint density at radius 1 is 1.00 bits per heavy atom. The summed E-state index contributed by atoms with van der Waals surface area (Å²) >= 11 is 0. The van der Waals surface area contributed by atoms with Gasteiger partial charge in [-0.05, 0) is 91.8 Å². The predicted molar refractivity (Wildman–Crippen MR) is 135 cm³/mol. The van der Waals surface area contributed by atoms with Gasteiger partial charge >= 0.3 is 5.97 Å². The Balaban J connectivity index is 1.52. The zero-order valence-corrected chi connectivity index (χ0v) is 22.4. The van der Waals surface area contributed by atoms with Gasteiger partial charge in [-0.1, -0.05) is 60.8 Å². The van der Waals surface area contributed by atoms with Crippen LogP contribution in [-0.4, -0.2) is 23.3 Å². The number of aliphatic hydroxyl groups excluding tert-OH is 1. The first-order chi connectivity index (χ1) is 15.6. The molecule has 0 bridgehead atoms. The lowest BCUT2D eigenvalue weighted by Gasteiger charge is -2.62. The van der Waals surface area contributed by atoms with Gasteiger partial charge in [0.15, 0.2) is 0 Å². The molecule has 0 heterocycles. The smallest absolute Gasteiger partial charge is 0.305 e. The van der Waals surface area contributed by atoms with Crippen molar-refractivity contribution in [2.24, 2.45) is 52.3 Å². The third-order valence-electron chi connectivity index (χ3n) is 11.5. The minimum Gasteiger partial charge on any atom is -0.462 e. The molecule has 0 aromatic heterocycles. The molecule has 4 aliphatic rings. The molecule has 0 spiro atoms. The molecular weight excluding hydrogens is 408 g/mol. The molecule has 4 rings (SSSR count). The first-order valence-corrected chi connectivity index (χ1v) is 14.5. The summed E-state index contributed by atoms with van der Waals surface area (Å²) in [6.45, 7) is 14.2. The zero-order valence-electron chi connectivity index (χ0n) is 22.4. The van der Waals surface area contributed by atoms with Crippen molar-refractivity contribution in [3.8, 4) is 0 Å².